The van der Waals surface area contributed by atoms with Gasteiger partial charge in [-0.25, -0.2) is 4.68 Å². The van der Waals surface area contributed by atoms with E-state index in [1.54, 1.807) is 4.68 Å². The van der Waals surface area contributed by atoms with Crippen molar-refractivity contribution in [2.75, 3.05) is 5.43 Å². The van der Waals surface area contributed by atoms with Gasteiger partial charge in [0.2, 0.25) is 4.77 Å². The van der Waals surface area contributed by atoms with E-state index in [0.717, 1.165) is 21.6 Å². The van der Waals surface area contributed by atoms with E-state index in [0.29, 0.717) is 17.9 Å². The number of hydrogen-bond donors (Lipinski definition) is 2. The standard InChI is InChI=1S/C18H19BrN4OS/c1-12-5-3-4-6-14(12)11-24-17-8-7-16(19)9-15(17)10-20-23-13(2)21-22-18(23)25/h3-9,20H,10-11H2,1-2H3,(H,22,25). The number of rotatable bonds is 6. The summed E-state index contributed by atoms with van der Waals surface area (Å²) in [5, 5.41) is 6.86. The number of benzene rings is 2. The molecular weight excluding hydrogens is 400 g/mol. The number of H-pyrrole nitrogens is 1. The molecule has 3 rings (SSSR count). The highest BCUT2D eigenvalue weighted by atomic mass is 79.9. The first-order valence-corrected chi connectivity index (χ1v) is 9.08. The van der Waals surface area contributed by atoms with Crippen molar-refractivity contribution in [2.24, 2.45) is 0 Å². The number of aromatic amines is 1. The van der Waals surface area contributed by atoms with Crippen molar-refractivity contribution >= 4 is 28.1 Å². The van der Waals surface area contributed by atoms with Crippen LogP contribution in [0.25, 0.3) is 0 Å². The van der Waals surface area contributed by atoms with Gasteiger partial charge in [-0.05, 0) is 55.4 Å². The van der Waals surface area contributed by atoms with Gasteiger partial charge in [0.15, 0.2) is 0 Å². The van der Waals surface area contributed by atoms with Crippen LogP contribution in [-0.4, -0.2) is 14.9 Å². The van der Waals surface area contributed by atoms with Crippen molar-refractivity contribution < 1.29 is 4.74 Å². The molecule has 2 N–H and O–H groups in total. The Balaban J connectivity index is 1.76. The molecule has 0 bridgehead atoms. The second-order valence-corrected chi connectivity index (χ2v) is 7.02. The van der Waals surface area contributed by atoms with Gasteiger partial charge in [-0.15, -0.1) is 0 Å². The smallest absolute Gasteiger partial charge is 0.214 e. The Labute approximate surface area is 160 Å². The van der Waals surface area contributed by atoms with Crippen LogP contribution >= 0.6 is 28.1 Å². The zero-order valence-corrected chi connectivity index (χ0v) is 16.4. The average molecular weight is 419 g/mol. The van der Waals surface area contributed by atoms with Gasteiger partial charge in [-0.3, -0.25) is 5.10 Å². The lowest BCUT2D eigenvalue weighted by Gasteiger charge is -2.15. The minimum atomic E-state index is 0.533. The summed E-state index contributed by atoms with van der Waals surface area (Å²) in [6, 6.07) is 14.2. The highest BCUT2D eigenvalue weighted by molar-refractivity contribution is 9.10. The average Bonchev–Trinajstić information content (AvgIpc) is 2.91. The molecule has 25 heavy (non-hydrogen) atoms. The van der Waals surface area contributed by atoms with E-state index in [1.807, 2.05) is 37.3 Å². The third-order valence-corrected chi connectivity index (χ3v) is 4.70. The Hall–Kier alpha value is -2.12. The van der Waals surface area contributed by atoms with Crippen LogP contribution in [0.1, 0.15) is 22.5 Å². The fraction of sp³-hybridized carbons (Fsp3) is 0.222. The normalized spacial score (nSPS) is 10.7. The zero-order valence-electron chi connectivity index (χ0n) is 14.0. The third kappa shape index (κ3) is 4.29. The Bertz CT molecular complexity index is 935. The molecule has 3 aromatic rings. The number of halogens is 1. The molecular formula is C18H19BrN4OS. The number of aromatic nitrogens is 3. The highest BCUT2D eigenvalue weighted by Crippen LogP contribution is 2.25. The molecule has 7 heteroatoms. The number of ether oxygens (including phenoxy) is 1. The fourth-order valence-electron chi connectivity index (χ4n) is 2.48. The van der Waals surface area contributed by atoms with E-state index in [2.05, 4.69) is 50.6 Å². The molecule has 0 unspecified atom stereocenters. The van der Waals surface area contributed by atoms with Crippen LogP contribution in [-0.2, 0) is 13.2 Å². The summed E-state index contributed by atoms with van der Waals surface area (Å²) in [7, 11) is 0. The predicted molar refractivity (Wildman–Crippen MR) is 105 cm³/mol. The highest BCUT2D eigenvalue weighted by Gasteiger charge is 2.08. The van der Waals surface area contributed by atoms with Gasteiger partial charge in [-0.2, -0.15) is 5.10 Å². The Morgan fingerprint density at radius 3 is 2.72 bits per heavy atom. The molecule has 1 aromatic heterocycles. The van der Waals surface area contributed by atoms with Crippen molar-refractivity contribution in [3.8, 4) is 5.75 Å². The minimum Gasteiger partial charge on any atom is -0.489 e. The van der Waals surface area contributed by atoms with Gasteiger partial charge >= 0.3 is 0 Å². The van der Waals surface area contributed by atoms with E-state index in [1.165, 1.54) is 11.1 Å². The van der Waals surface area contributed by atoms with Gasteiger partial charge in [0.25, 0.3) is 0 Å². The lowest BCUT2D eigenvalue weighted by atomic mass is 10.1. The largest absolute Gasteiger partial charge is 0.489 e. The number of aryl methyl sites for hydroxylation is 2. The third-order valence-electron chi connectivity index (χ3n) is 3.93. The summed E-state index contributed by atoms with van der Waals surface area (Å²) < 4.78 is 9.36. The van der Waals surface area contributed by atoms with Crippen LogP contribution in [0.3, 0.4) is 0 Å². The van der Waals surface area contributed by atoms with E-state index >= 15 is 0 Å². The van der Waals surface area contributed by atoms with Crippen molar-refractivity contribution in [3.05, 3.63) is 74.2 Å². The SMILES string of the molecule is Cc1ccccc1COc1ccc(Br)cc1CNn1c(C)n[nH]c1=S. The van der Waals surface area contributed by atoms with Crippen molar-refractivity contribution in [2.45, 2.75) is 27.0 Å². The molecule has 0 amide bonds. The van der Waals surface area contributed by atoms with E-state index in [9.17, 15) is 0 Å². The lowest BCUT2D eigenvalue weighted by Crippen LogP contribution is -2.16. The quantitative estimate of drug-likeness (QED) is 0.572. The van der Waals surface area contributed by atoms with E-state index in [4.69, 9.17) is 17.0 Å². The number of hydrogen-bond acceptors (Lipinski definition) is 4. The van der Waals surface area contributed by atoms with Crippen molar-refractivity contribution in [1.82, 2.24) is 14.9 Å². The van der Waals surface area contributed by atoms with Gasteiger partial charge in [0.05, 0.1) is 6.54 Å². The van der Waals surface area contributed by atoms with Crippen LogP contribution in [0.5, 0.6) is 5.75 Å². The molecule has 1 heterocycles. The molecule has 5 nitrogen and oxygen atoms in total. The zero-order chi connectivity index (χ0) is 17.8. The first-order chi connectivity index (χ1) is 12.0. The second kappa shape index (κ2) is 7.84. The number of nitrogens with zero attached hydrogens (tertiary/aromatic N) is 2. The topological polar surface area (TPSA) is 54.9 Å². The lowest BCUT2D eigenvalue weighted by molar-refractivity contribution is 0.302. The summed E-state index contributed by atoms with van der Waals surface area (Å²) in [4.78, 5) is 0. The maximum Gasteiger partial charge on any atom is 0.214 e. The van der Waals surface area contributed by atoms with Crippen LogP contribution < -0.4 is 10.2 Å². The van der Waals surface area contributed by atoms with Crippen molar-refractivity contribution in [3.63, 3.8) is 0 Å². The molecule has 0 saturated carbocycles. The maximum absolute atomic E-state index is 6.07. The molecule has 0 spiro atoms. The summed E-state index contributed by atoms with van der Waals surface area (Å²) in [6.07, 6.45) is 0. The van der Waals surface area contributed by atoms with Gasteiger partial charge in [-0.1, -0.05) is 40.2 Å². The Kier molecular flexibility index (Phi) is 5.55. The maximum atomic E-state index is 6.07. The Morgan fingerprint density at radius 1 is 1.20 bits per heavy atom. The molecule has 0 radical (unpaired) electrons. The first kappa shape index (κ1) is 17.7. The second-order valence-electron chi connectivity index (χ2n) is 5.71. The first-order valence-electron chi connectivity index (χ1n) is 7.88. The number of nitrogens with one attached hydrogen (secondary N) is 2. The van der Waals surface area contributed by atoms with Crippen LogP contribution in [0.2, 0.25) is 0 Å². The fourth-order valence-corrected chi connectivity index (χ4v) is 3.13. The molecule has 0 aliphatic rings. The minimum absolute atomic E-state index is 0.533. The molecule has 0 saturated heterocycles. The summed E-state index contributed by atoms with van der Waals surface area (Å²) >= 11 is 8.74. The van der Waals surface area contributed by atoms with Crippen LogP contribution in [0.15, 0.2) is 46.9 Å². The molecule has 0 fully saturated rings. The molecule has 0 aliphatic heterocycles. The molecule has 130 valence electrons. The van der Waals surface area contributed by atoms with Crippen LogP contribution in [0.4, 0.5) is 0 Å². The van der Waals surface area contributed by atoms with Gasteiger partial charge < -0.3 is 10.2 Å². The molecule has 2 aromatic carbocycles. The summed E-state index contributed by atoms with van der Waals surface area (Å²) in [5.41, 5.74) is 6.71. The molecule has 0 aliphatic carbocycles. The van der Waals surface area contributed by atoms with E-state index in [-0.39, 0.29) is 0 Å². The monoisotopic (exact) mass is 418 g/mol. The summed E-state index contributed by atoms with van der Waals surface area (Å²) in [5.74, 6) is 1.62. The van der Waals surface area contributed by atoms with Gasteiger partial charge in [0.1, 0.15) is 18.2 Å². The summed E-state index contributed by atoms with van der Waals surface area (Å²) in [6.45, 7) is 5.07. The predicted octanol–water partition coefficient (Wildman–Crippen LogP) is 4.64. The molecule has 0 atom stereocenters. The van der Waals surface area contributed by atoms with Crippen LogP contribution in [0, 0.1) is 18.6 Å². The Morgan fingerprint density at radius 2 is 2.00 bits per heavy atom. The van der Waals surface area contributed by atoms with E-state index < -0.39 is 0 Å². The van der Waals surface area contributed by atoms with Crippen molar-refractivity contribution in [1.29, 1.82) is 0 Å². The van der Waals surface area contributed by atoms with Gasteiger partial charge in [0, 0.05) is 10.0 Å².